The summed E-state index contributed by atoms with van der Waals surface area (Å²) >= 11 is 0. The van der Waals surface area contributed by atoms with E-state index in [1.165, 1.54) is 51.4 Å². The van der Waals surface area contributed by atoms with Gasteiger partial charge in [0.05, 0.1) is 40.3 Å². The molecule has 0 saturated heterocycles. The highest BCUT2D eigenvalue weighted by molar-refractivity contribution is 5.70. The second kappa shape index (κ2) is 38.6. The average molecular weight is 784 g/mol. The Morgan fingerprint density at radius 1 is 0.554 bits per heavy atom. The first kappa shape index (κ1) is 52.8. The van der Waals surface area contributed by atoms with Crippen LogP contribution in [-0.2, 0) is 28.6 Å². The van der Waals surface area contributed by atoms with E-state index in [2.05, 4.69) is 86.8 Å². The molecule has 0 saturated carbocycles. The van der Waals surface area contributed by atoms with Gasteiger partial charge in [-0.15, -0.1) is 0 Å². The van der Waals surface area contributed by atoms with Gasteiger partial charge in [0.25, 0.3) is 0 Å². The molecule has 8 heteroatoms. The third-order valence-corrected chi connectivity index (χ3v) is 9.33. The van der Waals surface area contributed by atoms with Crippen molar-refractivity contribution in [1.82, 2.24) is 0 Å². The number of carboxylic acids is 1. The van der Waals surface area contributed by atoms with Crippen molar-refractivity contribution in [2.45, 2.75) is 174 Å². The molecule has 0 rings (SSSR count). The number of carbonyl (C=O) groups is 3. The highest BCUT2D eigenvalue weighted by atomic mass is 16.6. The molecule has 0 heterocycles. The van der Waals surface area contributed by atoms with E-state index in [0.29, 0.717) is 12.8 Å². The summed E-state index contributed by atoms with van der Waals surface area (Å²) in [6.45, 7) is 4.46. The van der Waals surface area contributed by atoms with Crippen LogP contribution in [0.3, 0.4) is 0 Å². The molecule has 0 aliphatic rings. The normalized spacial score (nSPS) is 13.7. The highest BCUT2D eigenvalue weighted by Crippen LogP contribution is 2.12. The van der Waals surface area contributed by atoms with Crippen LogP contribution in [-0.4, -0.2) is 75.5 Å². The Morgan fingerprint density at radius 3 is 1.55 bits per heavy atom. The summed E-state index contributed by atoms with van der Waals surface area (Å²) < 4.78 is 17.1. The lowest BCUT2D eigenvalue weighted by Crippen LogP contribution is -2.55. The van der Waals surface area contributed by atoms with Gasteiger partial charge in [0.2, 0.25) is 0 Å². The van der Waals surface area contributed by atoms with Crippen molar-refractivity contribution in [3.8, 4) is 0 Å². The van der Waals surface area contributed by atoms with E-state index in [-0.39, 0.29) is 49.1 Å². The van der Waals surface area contributed by atoms with E-state index in [1.54, 1.807) is 21.1 Å². The van der Waals surface area contributed by atoms with E-state index in [0.717, 1.165) is 70.6 Å². The number of carbonyl (C=O) groups excluding carboxylic acids is 3. The first-order valence-electron chi connectivity index (χ1n) is 22.0. The summed E-state index contributed by atoms with van der Waals surface area (Å²) in [4.78, 5) is 36.8. The smallest absolute Gasteiger partial charge is 0.306 e. The molecule has 0 fully saturated rings. The summed E-state index contributed by atoms with van der Waals surface area (Å²) in [5.74, 6) is -1.83. The van der Waals surface area contributed by atoms with Gasteiger partial charge in [-0.25, -0.2) is 0 Å². The molecule has 56 heavy (non-hydrogen) atoms. The molecular formula is C48H81NO7. The SMILES string of the molecule is CC/C=C\C/C=C\C/C=C\C/C=C\C/C=C\CCCC(=O)OC(COCCC(C(=O)[O-])[N+](C)(C)C)COC(=O)CCCCCCC/C=C\CCCCCCCC. The molecule has 2 atom stereocenters. The van der Waals surface area contributed by atoms with E-state index in [9.17, 15) is 19.5 Å². The fourth-order valence-electron chi connectivity index (χ4n) is 5.92. The number of unbranched alkanes of at least 4 members (excludes halogenated alkanes) is 12. The van der Waals surface area contributed by atoms with Gasteiger partial charge in [0.1, 0.15) is 12.6 Å². The van der Waals surface area contributed by atoms with Crippen LogP contribution in [0, 0.1) is 0 Å². The van der Waals surface area contributed by atoms with Crippen LogP contribution >= 0.6 is 0 Å². The molecule has 320 valence electrons. The monoisotopic (exact) mass is 784 g/mol. The maximum atomic E-state index is 12.7. The Labute approximate surface area is 342 Å². The van der Waals surface area contributed by atoms with E-state index < -0.39 is 18.1 Å². The van der Waals surface area contributed by atoms with Crippen LogP contribution in [0.2, 0.25) is 0 Å². The van der Waals surface area contributed by atoms with Crippen molar-refractivity contribution in [2.24, 2.45) is 0 Å². The predicted molar refractivity (Wildman–Crippen MR) is 231 cm³/mol. The zero-order valence-electron chi connectivity index (χ0n) is 36.3. The van der Waals surface area contributed by atoms with E-state index >= 15 is 0 Å². The number of hydrogen-bond donors (Lipinski definition) is 0. The molecule has 0 spiro atoms. The number of quaternary nitrogens is 1. The lowest BCUT2D eigenvalue weighted by atomic mass is 10.1. The summed E-state index contributed by atoms with van der Waals surface area (Å²) in [6.07, 6.45) is 47.9. The van der Waals surface area contributed by atoms with Crippen molar-refractivity contribution in [3.63, 3.8) is 0 Å². The Balaban J connectivity index is 4.48. The first-order valence-corrected chi connectivity index (χ1v) is 22.0. The van der Waals surface area contributed by atoms with Crippen molar-refractivity contribution in [3.05, 3.63) is 72.9 Å². The van der Waals surface area contributed by atoms with Crippen molar-refractivity contribution < 1.29 is 38.2 Å². The van der Waals surface area contributed by atoms with Crippen LogP contribution in [0.1, 0.15) is 162 Å². The second-order valence-electron chi connectivity index (χ2n) is 15.5. The molecule has 0 aliphatic carbocycles. The predicted octanol–water partition coefficient (Wildman–Crippen LogP) is 10.6. The molecule has 0 aromatic carbocycles. The van der Waals surface area contributed by atoms with Crippen LogP contribution in [0.4, 0.5) is 0 Å². The van der Waals surface area contributed by atoms with E-state index in [1.807, 2.05) is 0 Å². The van der Waals surface area contributed by atoms with Crippen LogP contribution < -0.4 is 5.11 Å². The van der Waals surface area contributed by atoms with Gasteiger partial charge in [-0.1, -0.05) is 138 Å². The quantitative estimate of drug-likeness (QED) is 0.0266. The number of nitrogens with zero attached hydrogens (tertiary/aromatic N) is 1. The minimum atomic E-state index is -1.14. The number of carboxylic acid groups (broad SMARTS) is 1. The third kappa shape index (κ3) is 36.4. The van der Waals surface area contributed by atoms with Crippen molar-refractivity contribution in [2.75, 3.05) is 41.0 Å². The topological polar surface area (TPSA) is 102 Å². The average Bonchev–Trinajstić information content (AvgIpc) is 3.15. The summed E-state index contributed by atoms with van der Waals surface area (Å²) in [7, 11) is 5.38. The minimum absolute atomic E-state index is 0.0120. The van der Waals surface area contributed by atoms with Gasteiger partial charge in [0.15, 0.2) is 6.10 Å². The molecule has 0 N–H and O–H groups in total. The van der Waals surface area contributed by atoms with Gasteiger partial charge in [-0.2, -0.15) is 0 Å². The third-order valence-electron chi connectivity index (χ3n) is 9.33. The Kier molecular flexibility index (Phi) is 36.4. The maximum absolute atomic E-state index is 12.7. The number of ether oxygens (including phenoxy) is 3. The van der Waals surface area contributed by atoms with Gasteiger partial charge < -0.3 is 28.6 Å². The lowest BCUT2D eigenvalue weighted by Gasteiger charge is -2.34. The minimum Gasteiger partial charge on any atom is -0.544 e. The van der Waals surface area contributed by atoms with Crippen LogP contribution in [0.25, 0.3) is 0 Å². The number of likely N-dealkylation sites (N-methyl/N-ethyl adjacent to an activating group) is 1. The van der Waals surface area contributed by atoms with Crippen molar-refractivity contribution >= 4 is 17.9 Å². The molecule has 0 aliphatic heterocycles. The molecule has 0 aromatic rings. The standard InChI is InChI=1S/C48H81NO7/c1-6-8-10-12-14-16-18-20-22-23-25-27-29-31-33-35-37-39-47(51)56-44(42-54-41-40-45(48(52)53)49(3,4)5)43-55-46(50)38-36-34-32-30-28-26-24-21-19-17-15-13-11-9-7-2/h8,10,14,16,20-22,24-25,27,31,33,44-45H,6-7,9,11-13,15,17-19,23,26,28-30,32,34-43H2,1-5H3/b10-8-,16-14-,22-20-,24-21-,27-25-,33-31-. The van der Waals surface area contributed by atoms with Gasteiger partial charge in [-0.3, -0.25) is 9.59 Å². The molecule has 8 nitrogen and oxygen atoms in total. The summed E-state index contributed by atoms with van der Waals surface area (Å²) in [5, 5.41) is 11.6. The van der Waals surface area contributed by atoms with Crippen molar-refractivity contribution in [1.29, 1.82) is 0 Å². The Bertz CT molecular complexity index is 1140. The Morgan fingerprint density at radius 2 is 1.02 bits per heavy atom. The number of esters is 2. The first-order chi connectivity index (χ1) is 27.1. The molecular weight excluding hydrogens is 703 g/mol. The zero-order valence-corrected chi connectivity index (χ0v) is 36.3. The van der Waals surface area contributed by atoms with Gasteiger partial charge in [-0.05, 0) is 77.0 Å². The van der Waals surface area contributed by atoms with Crippen LogP contribution in [0.15, 0.2) is 72.9 Å². The summed E-state index contributed by atoms with van der Waals surface area (Å²) in [6, 6.07) is -0.740. The zero-order chi connectivity index (χ0) is 41.4. The number of hydrogen-bond acceptors (Lipinski definition) is 7. The fraction of sp³-hybridized carbons (Fsp3) is 0.688. The van der Waals surface area contributed by atoms with Gasteiger partial charge in [0, 0.05) is 19.3 Å². The summed E-state index contributed by atoms with van der Waals surface area (Å²) in [5.41, 5.74) is 0. The molecule has 0 bridgehead atoms. The molecule has 0 aromatic heterocycles. The van der Waals surface area contributed by atoms with Crippen LogP contribution in [0.5, 0.6) is 0 Å². The Hall–Kier alpha value is -3.23. The second-order valence-corrected chi connectivity index (χ2v) is 15.5. The maximum Gasteiger partial charge on any atom is 0.306 e. The van der Waals surface area contributed by atoms with Gasteiger partial charge >= 0.3 is 11.9 Å². The van der Waals surface area contributed by atoms with E-state index in [4.69, 9.17) is 14.2 Å². The molecule has 2 unspecified atom stereocenters. The largest absolute Gasteiger partial charge is 0.544 e. The number of aliphatic carboxylic acids is 1. The highest BCUT2D eigenvalue weighted by Gasteiger charge is 2.25. The number of allylic oxidation sites excluding steroid dienone is 12. The molecule has 0 amide bonds. The number of rotatable bonds is 38. The fourth-order valence-corrected chi connectivity index (χ4v) is 5.92. The molecule has 0 radical (unpaired) electrons. The lowest BCUT2D eigenvalue weighted by molar-refractivity contribution is -0.889.